The molecule has 0 spiro atoms. The van der Waals surface area contributed by atoms with E-state index in [1.807, 2.05) is 0 Å². The summed E-state index contributed by atoms with van der Waals surface area (Å²) in [5.74, 6) is -3.69. The zero-order valence-electron chi connectivity index (χ0n) is 17.3. The zero-order valence-corrected chi connectivity index (χ0v) is 17.3. The number of halogens is 3. The van der Waals surface area contributed by atoms with Gasteiger partial charge in [-0.1, -0.05) is 13.8 Å². The third-order valence-corrected chi connectivity index (χ3v) is 5.61. The van der Waals surface area contributed by atoms with E-state index in [4.69, 9.17) is 0 Å². The molecule has 164 valence electrons. The molecule has 0 aliphatic heterocycles. The van der Waals surface area contributed by atoms with Crippen molar-refractivity contribution in [3.05, 3.63) is 59.4 Å². The molecule has 0 saturated carbocycles. The Balaban J connectivity index is 2.16. The molecule has 0 aliphatic carbocycles. The smallest absolute Gasteiger partial charge is 0.338 e. The van der Waals surface area contributed by atoms with Crippen LogP contribution in [0.2, 0.25) is 0 Å². The van der Waals surface area contributed by atoms with E-state index in [1.54, 1.807) is 36.7 Å². The van der Waals surface area contributed by atoms with E-state index in [1.165, 1.54) is 6.07 Å². The first-order chi connectivity index (χ1) is 15.1. The van der Waals surface area contributed by atoms with Crippen molar-refractivity contribution < 1.29 is 23.1 Å². The number of hydrogen-bond donors (Lipinski definition) is 2. The molecule has 2 heterocycles. The fourth-order valence-corrected chi connectivity index (χ4v) is 4.15. The van der Waals surface area contributed by atoms with Gasteiger partial charge in [-0.05, 0) is 29.8 Å². The molecule has 4 rings (SSSR count). The Morgan fingerprint density at radius 1 is 1.28 bits per heavy atom. The maximum Gasteiger partial charge on any atom is 0.338 e. The largest absolute Gasteiger partial charge is 0.479 e. The third kappa shape index (κ3) is 3.47. The Labute approximate surface area is 180 Å². The summed E-state index contributed by atoms with van der Waals surface area (Å²) >= 11 is 0. The second-order valence-corrected chi connectivity index (χ2v) is 8.32. The maximum atomic E-state index is 14.5. The van der Waals surface area contributed by atoms with Crippen LogP contribution in [0.15, 0.2) is 36.5 Å². The lowest BCUT2D eigenvalue weighted by atomic mass is 9.82. The number of hydrogen-bond acceptors (Lipinski definition) is 3. The molecule has 6 nitrogen and oxygen atoms in total. The Bertz CT molecular complexity index is 1400. The van der Waals surface area contributed by atoms with Gasteiger partial charge in [-0.2, -0.15) is 10.4 Å². The van der Waals surface area contributed by atoms with Gasteiger partial charge in [0, 0.05) is 46.5 Å². The zero-order chi connectivity index (χ0) is 23.2. The number of fused-ring (bicyclic) bond motifs is 2. The molecular weight excluding hydrogens is 421 g/mol. The molecule has 2 aromatic carbocycles. The molecule has 32 heavy (non-hydrogen) atoms. The van der Waals surface area contributed by atoms with Gasteiger partial charge in [-0.3, -0.25) is 5.10 Å². The molecule has 1 atom stereocenters. The minimum atomic E-state index is -2.19. The average molecular weight is 440 g/mol. The van der Waals surface area contributed by atoms with Crippen molar-refractivity contribution >= 4 is 27.8 Å². The number of aliphatic carboxylic acids is 1. The molecule has 0 aliphatic rings. The van der Waals surface area contributed by atoms with Crippen LogP contribution in [0.5, 0.6) is 0 Å². The summed E-state index contributed by atoms with van der Waals surface area (Å²) in [6, 6.07) is 8.99. The lowest BCUT2D eigenvalue weighted by Gasteiger charge is -2.26. The van der Waals surface area contributed by atoms with Gasteiger partial charge < -0.3 is 9.67 Å². The highest BCUT2D eigenvalue weighted by molar-refractivity contribution is 5.99. The van der Waals surface area contributed by atoms with Gasteiger partial charge >= 0.3 is 5.97 Å². The quantitative estimate of drug-likeness (QED) is 0.444. The topological polar surface area (TPSA) is 94.7 Å². The number of alkyl halides is 1. The SMILES string of the molecule is CC(C)(CC#N)c1c(C[C@@H](F)C(=O)O)c2cc3[nH]ncc3cc2n1-c1ccc(F)c(F)c1. The molecule has 0 radical (unpaired) electrons. The average Bonchev–Trinajstić information content (AvgIpc) is 3.30. The van der Waals surface area contributed by atoms with Gasteiger partial charge in [0.1, 0.15) is 0 Å². The van der Waals surface area contributed by atoms with Crippen LogP contribution in [0.4, 0.5) is 13.2 Å². The Morgan fingerprint density at radius 3 is 2.69 bits per heavy atom. The second-order valence-electron chi connectivity index (χ2n) is 8.32. The molecule has 2 N–H and O–H groups in total. The van der Waals surface area contributed by atoms with Gasteiger partial charge in [0.2, 0.25) is 6.17 Å². The summed E-state index contributed by atoms with van der Waals surface area (Å²) in [6.07, 6.45) is -1.02. The van der Waals surface area contributed by atoms with Crippen LogP contribution in [-0.2, 0) is 16.6 Å². The standard InChI is InChI=1S/C23H19F3N4O2/c1-23(2,5-6-27)21-15(9-18(26)22(31)32)14-10-19-12(11-28-29-19)7-20(14)30(21)13-3-4-16(24)17(25)8-13/h3-4,7-8,10-11,18H,5,9H2,1-2H3,(H,28,29)(H,31,32)/t18-/m1/s1. The van der Waals surface area contributed by atoms with Crippen molar-refractivity contribution in [2.24, 2.45) is 0 Å². The van der Waals surface area contributed by atoms with Crippen LogP contribution in [0.3, 0.4) is 0 Å². The Hall–Kier alpha value is -3.80. The first-order valence-electron chi connectivity index (χ1n) is 9.84. The number of nitrogens with zero attached hydrogens (tertiary/aromatic N) is 3. The molecule has 0 fully saturated rings. The normalized spacial score (nSPS) is 12.9. The number of aromatic nitrogens is 3. The van der Waals surface area contributed by atoms with E-state index in [-0.39, 0.29) is 12.1 Å². The van der Waals surface area contributed by atoms with Crippen LogP contribution in [0.25, 0.3) is 27.5 Å². The number of carboxylic acids is 1. The first-order valence-corrected chi connectivity index (χ1v) is 9.84. The van der Waals surface area contributed by atoms with Gasteiger partial charge in [0.15, 0.2) is 11.6 Å². The van der Waals surface area contributed by atoms with Crippen LogP contribution >= 0.6 is 0 Å². The van der Waals surface area contributed by atoms with Crippen molar-refractivity contribution in [1.29, 1.82) is 5.26 Å². The van der Waals surface area contributed by atoms with Crippen LogP contribution in [-0.4, -0.2) is 32.0 Å². The van der Waals surface area contributed by atoms with Gasteiger partial charge in [0.25, 0.3) is 0 Å². The second kappa shape index (κ2) is 7.71. The highest BCUT2D eigenvalue weighted by Crippen LogP contribution is 2.41. The monoisotopic (exact) mass is 440 g/mol. The molecule has 4 aromatic rings. The first kappa shape index (κ1) is 21.4. The van der Waals surface area contributed by atoms with Gasteiger partial charge in [-0.25, -0.2) is 18.0 Å². The molecule has 0 bridgehead atoms. The van der Waals surface area contributed by atoms with E-state index in [9.17, 15) is 28.3 Å². The minimum absolute atomic E-state index is 0.0312. The predicted octanol–water partition coefficient (Wildman–Crippen LogP) is 4.94. The maximum absolute atomic E-state index is 14.5. The molecule has 0 amide bonds. The highest BCUT2D eigenvalue weighted by atomic mass is 19.2. The van der Waals surface area contributed by atoms with Crippen LogP contribution in [0.1, 0.15) is 31.5 Å². The van der Waals surface area contributed by atoms with E-state index in [0.29, 0.717) is 27.7 Å². The van der Waals surface area contributed by atoms with Crippen molar-refractivity contribution in [3.8, 4) is 11.8 Å². The van der Waals surface area contributed by atoms with Crippen LogP contribution in [0, 0.1) is 23.0 Å². The highest BCUT2D eigenvalue weighted by Gasteiger charge is 2.33. The number of rotatable bonds is 6. The van der Waals surface area contributed by atoms with E-state index in [2.05, 4.69) is 16.3 Å². The summed E-state index contributed by atoms with van der Waals surface area (Å²) in [5, 5.41) is 26.7. The predicted molar refractivity (Wildman–Crippen MR) is 112 cm³/mol. The summed E-state index contributed by atoms with van der Waals surface area (Å²) < 4.78 is 44.0. The number of H-pyrrole nitrogens is 1. The molecule has 9 heteroatoms. The Kier molecular flexibility index (Phi) is 5.17. The lowest BCUT2D eigenvalue weighted by molar-refractivity contribution is -0.142. The number of aromatic amines is 1. The van der Waals surface area contributed by atoms with E-state index in [0.717, 1.165) is 17.5 Å². The van der Waals surface area contributed by atoms with E-state index < -0.39 is 35.6 Å². The van der Waals surface area contributed by atoms with E-state index >= 15 is 0 Å². The summed E-state index contributed by atoms with van der Waals surface area (Å²) in [7, 11) is 0. The number of carbonyl (C=O) groups is 1. The van der Waals surface area contributed by atoms with Gasteiger partial charge in [0.05, 0.1) is 23.3 Å². The molecule has 0 saturated heterocycles. The summed E-state index contributed by atoms with van der Waals surface area (Å²) in [4.78, 5) is 11.3. The van der Waals surface area contributed by atoms with Crippen molar-refractivity contribution in [1.82, 2.24) is 14.8 Å². The number of benzene rings is 2. The molecule has 2 aromatic heterocycles. The fourth-order valence-electron chi connectivity index (χ4n) is 4.15. The van der Waals surface area contributed by atoms with Crippen molar-refractivity contribution in [3.63, 3.8) is 0 Å². The lowest BCUT2D eigenvalue weighted by Crippen LogP contribution is -2.25. The summed E-state index contributed by atoms with van der Waals surface area (Å²) in [6.45, 7) is 3.54. The summed E-state index contributed by atoms with van der Waals surface area (Å²) in [5.41, 5.74) is 1.45. The van der Waals surface area contributed by atoms with Crippen LogP contribution < -0.4 is 0 Å². The van der Waals surface area contributed by atoms with Crippen molar-refractivity contribution in [2.45, 2.75) is 38.3 Å². The minimum Gasteiger partial charge on any atom is -0.479 e. The number of carboxylic acid groups (broad SMARTS) is 1. The van der Waals surface area contributed by atoms with Crippen molar-refractivity contribution in [2.75, 3.05) is 0 Å². The third-order valence-electron chi connectivity index (χ3n) is 5.61. The number of nitrogens with one attached hydrogen (secondary N) is 1. The fraction of sp³-hybridized carbons (Fsp3) is 0.261. The molecule has 0 unspecified atom stereocenters. The molecular formula is C23H19F3N4O2. The Morgan fingerprint density at radius 2 is 2.03 bits per heavy atom. The number of nitriles is 1. The van der Waals surface area contributed by atoms with Gasteiger partial charge in [-0.15, -0.1) is 0 Å².